The summed E-state index contributed by atoms with van der Waals surface area (Å²) in [6.45, 7) is 8.12. The molecule has 0 amide bonds. The Labute approximate surface area is 221 Å². The molecule has 0 spiro atoms. The lowest BCUT2D eigenvalue weighted by atomic mass is 9.70. The average Bonchev–Trinajstić information content (AvgIpc) is 3.56. The van der Waals surface area contributed by atoms with Crippen LogP contribution < -0.4 is 10.1 Å². The summed E-state index contributed by atoms with van der Waals surface area (Å²) in [6, 6.07) is 13.3. The van der Waals surface area contributed by atoms with Crippen LogP contribution in [0, 0.1) is 12.7 Å². The van der Waals surface area contributed by atoms with Crippen LogP contribution in [0.2, 0.25) is 0 Å². The molecule has 1 aliphatic rings. The van der Waals surface area contributed by atoms with Gasteiger partial charge in [-0.25, -0.2) is 14.1 Å². The summed E-state index contributed by atoms with van der Waals surface area (Å²) >= 11 is 1.59. The van der Waals surface area contributed by atoms with Crippen molar-refractivity contribution in [1.29, 1.82) is 0 Å². The van der Waals surface area contributed by atoms with Crippen molar-refractivity contribution in [2.24, 2.45) is 0 Å². The predicted octanol–water partition coefficient (Wildman–Crippen LogP) is 6.58. The molecule has 0 saturated heterocycles. The van der Waals surface area contributed by atoms with Crippen LogP contribution in [-0.2, 0) is 17.4 Å². The lowest BCUT2D eigenvalue weighted by molar-refractivity contribution is 0.110. The topological polar surface area (TPSA) is 77.8 Å². The number of rotatable bonds is 7. The number of nitrogens with zero attached hydrogens (tertiary/aromatic N) is 5. The first-order valence-corrected chi connectivity index (χ1v) is 13.6. The Kier molecular flexibility index (Phi) is 6.98. The molecule has 0 radical (unpaired) electrons. The van der Waals surface area contributed by atoms with E-state index in [4.69, 9.17) is 9.72 Å². The summed E-state index contributed by atoms with van der Waals surface area (Å²) in [4.78, 5) is 4.95. The van der Waals surface area contributed by atoms with E-state index in [2.05, 4.69) is 47.5 Å². The van der Waals surface area contributed by atoms with Crippen molar-refractivity contribution in [2.45, 2.75) is 76.9 Å². The largest absolute Gasteiger partial charge is 0.487 e. The summed E-state index contributed by atoms with van der Waals surface area (Å²) in [5.74, 6) is 1.74. The molecule has 9 heteroatoms. The molecule has 1 fully saturated rings. The highest BCUT2D eigenvalue weighted by atomic mass is 32.1. The summed E-state index contributed by atoms with van der Waals surface area (Å²) in [6.07, 6.45) is 5.89. The Balaban J connectivity index is 1.33. The third kappa shape index (κ3) is 5.51. The third-order valence-electron chi connectivity index (χ3n) is 7.01. The fourth-order valence-corrected chi connectivity index (χ4v) is 5.90. The Morgan fingerprint density at radius 3 is 2.65 bits per heavy atom. The number of anilines is 2. The fourth-order valence-electron chi connectivity index (χ4n) is 5.08. The summed E-state index contributed by atoms with van der Waals surface area (Å²) < 4.78 is 22.6. The molecule has 194 valence electrons. The lowest BCUT2D eigenvalue weighted by Gasteiger charge is -2.38. The number of pyridine rings is 1. The summed E-state index contributed by atoms with van der Waals surface area (Å²) in [5.41, 5.74) is 3.06. The van der Waals surface area contributed by atoms with Gasteiger partial charge in [0.15, 0.2) is 11.6 Å². The molecule has 0 atom stereocenters. The van der Waals surface area contributed by atoms with Gasteiger partial charge in [0.25, 0.3) is 0 Å². The molecule has 1 N–H and O–H groups in total. The predicted molar refractivity (Wildman–Crippen MR) is 144 cm³/mol. The number of aryl methyl sites for hydroxylation is 1. The van der Waals surface area contributed by atoms with E-state index in [-0.39, 0.29) is 22.9 Å². The van der Waals surface area contributed by atoms with E-state index in [9.17, 15) is 4.39 Å². The van der Waals surface area contributed by atoms with Crippen molar-refractivity contribution in [3.8, 4) is 5.75 Å². The van der Waals surface area contributed by atoms with Crippen molar-refractivity contribution in [3.05, 3.63) is 76.3 Å². The van der Waals surface area contributed by atoms with Crippen molar-refractivity contribution in [3.63, 3.8) is 0 Å². The van der Waals surface area contributed by atoms with Gasteiger partial charge in [-0.1, -0.05) is 18.2 Å². The normalized spacial score (nSPS) is 20.1. The molecule has 7 nitrogen and oxygen atoms in total. The van der Waals surface area contributed by atoms with E-state index >= 15 is 0 Å². The van der Waals surface area contributed by atoms with Gasteiger partial charge in [0.05, 0.1) is 17.8 Å². The smallest absolute Gasteiger partial charge is 0.167 e. The lowest BCUT2D eigenvalue weighted by Crippen LogP contribution is -2.38. The second-order valence-corrected chi connectivity index (χ2v) is 11.7. The zero-order valence-electron chi connectivity index (χ0n) is 21.7. The van der Waals surface area contributed by atoms with Gasteiger partial charge in [-0.15, -0.1) is 21.5 Å². The van der Waals surface area contributed by atoms with Gasteiger partial charge in [0.1, 0.15) is 22.2 Å². The van der Waals surface area contributed by atoms with Crippen molar-refractivity contribution < 1.29 is 9.13 Å². The number of benzene rings is 1. The standard InChI is InChI=1S/C28H33FN6OS/c1-19-7-5-9-22(25(19)29)36-21-11-14-28(15-12-21,26-34-30-18-37-26)17-20-8-6-10-23(32-20)33-24-13-16-31-35(24)27(2,3)4/h5-10,13,16,18,21H,11-12,14-15,17H2,1-4H3,(H,32,33). The minimum Gasteiger partial charge on any atom is -0.487 e. The molecule has 1 aliphatic carbocycles. The van der Waals surface area contributed by atoms with Crippen LogP contribution in [0.5, 0.6) is 5.75 Å². The average molecular weight is 521 g/mol. The zero-order chi connectivity index (χ0) is 26.0. The Morgan fingerprint density at radius 1 is 1.14 bits per heavy atom. The van der Waals surface area contributed by atoms with E-state index in [0.29, 0.717) is 11.3 Å². The number of hydrogen-bond acceptors (Lipinski definition) is 7. The van der Waals surface area contributed by atoms with Crippen molar-refractivity contribution >= 4 is 23.0 Å². The zero-order valence-corrected chi connectivity index (χ0v) is 22.6. The Morgan fingerprint density at radius 2 is 1.92 bits per heavy atom. The highest BCUT2D eigenvalue weighted by molar-refractivity contribution is 7.09. The second-order valence-electron chi connectivity index (χ2n) is 10.8. The maximum atomic E-state index is 14.5. The number of halogens is 1. The van der Waals surface area contributed by atoms with E-state index in [1.165, 1.54) is 0 Å². The minimum absolute atomic E-state index is 0.0315. The van der Waals surface area contributed by atoms with Gasteiger partial charge in [-0.2, -0.15) is 5.10 Å². The van der Waals surface area contributed by atoms with Crippen LogP contribution in [0.4, 0.5) is 16.0 Å². The molecule has 3 aromatic heterocycles. The maximum absolute atomic E-state index is 14.5. The molecule has 0 aliphatic heterocycles. The van der Waals surface area contributed by atoms with E-state index in [1.807, 2.05) is 28.9 Å². The third-order valence-corrected chi connectivity index (χ3v) is 7.95. The van der Waals surface area contributed by atoms with Crippen LogP contribution in [-0.4, -0.2) is 31.1 Å². The van der Waals surface area contributed by atoms with E-state index in [1.54, 1.807) is 42.1 Å². The molecule has 3 heterocycles. The Hall–Kier alpha value is -3.33. The Bertz CT molecular complexity index is 1340. The van der Waals surface area contributed by atoms with Gasteiger partial charge < -0.3 is 10.1 Å². The fraction of sp³-hybridized carbons (Fsp3) is 0.429. The first-order chi connectivity index (χ1) is 17.7. The monoisotopic (exact) mass is 520 g/mol. The molecule has 1 aromatic carbocycles. The van der Waals surface area contributed by atoms with Crippen LogP contribution in [0.1, 0.15) is 62.7 Å². The number of ether oxygens (including phenoxy) is 1. The number of aromatic nitrogens is 5. The quantitative estimate of drug-likeness (QED) is 0.297. The van der Waals surface area contributed by atoms with Gasteiger partial charge in [0.2, 0.25) is 0 Å². The minimum atomic E-state index is -0.273. The van der Waals surface area contributed by atoms with Crippen LogP contribution in [0.15, 0.2) is 54.2 Å². The molecule has 4 aromatic rings. The number of nitrogens with one attached hydrogen (secondary N) is 1. The highest BCUT2D eigenvalue weighted by Crippen LogP contribution is 2.43. The first-order valence-electron chi connectivity index (χ1n) is 12.7. The molecular formula is C28H33FN6OS. The molecule has 5 rings (SSSR count). The molecule has 0 unspecified atom stereocenters. The van der Waals surface area contributed by atoms with Crippen molar-refractivity contribution in [2.75, 3.05) is 5.32 Å². The number of hydrogen-bond donors (Lipinski definition) is 1. The summed E-state index contributed by atoms with van der Waals surface area (Å²) in [5, 5.41) is 17.5. The van der Waals surface area contributed by atoms with Crippen LogP contribution >= 0.6 is 11.3 Å². The van der Waals surface area contributed by atoms with E-state index < -0.39 is 0 Å². The molecule has 1 saturated carbocycles. The molecule has 37 heavy (non-hydrogen) atoms. The van der Waals surface area contributed by atoms with Crippen LogP contribution in [0.25, 0.3) is 0 Å². The van der Waals surface area contributed by atoms with Gasteiger partial charge in [0, 0.05) is 23.6 Å². The summed E-state index contributed by atoms with van der Waals surface area (Å²) in [7, 11) is 0. The van der Waals surface area contributed by atoms with Gasteiger partial charge >= 0.3 is 0 Å². The molecular weight excluding hydrogens is 487 g/mol. The van der Waals surface area contributed by atoms with Gasteiger partial charge in [-0.3, -0.25) is 0 Å². The van der Waals surface area contributed by atoms with Crippen molar-refractivity contribution in [1.82, 2.24) is 25.0 Å². The molecule has 0 bridgehead atoms. The maximum Gasteiger partial charge on any atom is 0.167 e. The second kappa shape index (κ2) is 10.2. The SMILES string of the molecule is Cc1cccc(OC2CCC(Cc3cccc(Nc4ccnn4C(C)(C)C)n3)(c3nncs3)CC2)c1F. The van der Waals surface area contributed by atoms with E-state index in [0.717, 1.165) is 54.4 Å². The highest BCUT2D eigenvalue weighted by Gasteiger charge is 2.40. The van der Waals surface area contributed by atoms with Gasteiger partial charge in [-0.05, 0) is 77.1 Å². The van der Waals surface area contributed by atoms with Crippen LogP contribution in [0.3, 0.4) is 0 Å². The first kappa shape index (κ1) is 25.3.